The average molecular weight is 443 g/mol. The maximum absolute atomic E-state index is 12.9. The number of imidazole rings is 1. The van der Waals surface area contributed by atoms with Crippen molar-refractivity contribution < 1.29 is 18.1 Å². The standard InChI is InChI=1S/C20H16F3N7O2/c21-20(22,23)14-3-1-2-13(8-14)10-25-19-28-17(16-18(29-19)27-11-26-16)24-9-12-4-6-15(7-5-12)30(31)32/h1-8,11H,9-10H2,(H3,24,25,26,27,28,29). The van der Waals surface area contributed by atoms with Gasteiger partial charge >= 0.3 is 6.18 Å². The molecule has 0 saturated heterocycles. The number of hydrogen-bond acceptors (Lipinski definition) is 7. The smallest absolute Gasteiger partial charge is 0.364 e. The Morgan fingerprint density at radius 2 is 1.75 bits per heavy atom. The SMILES string of the molecule is O=[N+]([O-])c1ccc(CNc2nc(NCc3cccc(C(F)(F)F)c3)nc3[nH]cnc23)cc1. The van der Waals surface area contributed by atoms with Crippen LogP contribution in [0.3, 0.4) is 0 Å². The zero-order chi connectivity index (χ0) is 22.7. The van der Waals surface area contributed by atoms with E-state index in [1.165, 1.54) is 24.5 Å². The van der Waals surface area contributed by atoms with Gasteiger partial charge in [0.25, 0.3) is 5.69 Å². The van der Waals surface area contributed by atoms with Crippen LogP contribution in [-0.4, -0.2) is 24.9 Å². The maximum Gasteiger partial charge on any atom is 0.416 e. The third kappa shape index (κ3) is 4.74. The number of anilines is 2. The molecule has 2 aromatic carbocycles. The van der Waals surface area contributed by atoms with Crippen molar-refractivity contribution in [2.75, 3.05) is 10.6 Å². The monoisotopic (exact) mass is 443 g/mol. The predicted octanol–water partition coefficient (Wildman–Crippen LogP) is 4.50. The molecule has 0 radical (unpaired) electrons. The van der Waals surface area contributed by atoms with Gasteiger partial charge in [0.15, 0.2) is 11.5 Å². The Bertz CT molecular complexity index is 1260. The summed E-state index contributed by atoms with van der Waals surface area (Å²) in [6.07, 6.45) is -2.97. The summed E-state index contributed by atoms with van der Waals surface area (Å²) in [5, 5.41) is 16.8. The Hall–Kier alpha value is -4.22. The number of nitro groups is 1. The molecule has 0 unspecified atom stereocenters. The highest BCUT2D eigenvalue weighted by Gasteiger charge is 2.30. The second-order valence-corrected chi connectivity index (χ2v) is 6.82. The zero-order valence-corrected chi connectivity index (χ0v) is 16.3. The number of halogens is 3. The molecule has 12 heteroatoms. The molecule has 0 fully saturated rings. The molecular formula is C20H16F3N7O2. The second-order valence-electron chi connectivity index (χ2n) is 6.82. The van der Waals surface area contributed by atoms with Crippen LogP contribution < -0.4 is 10.6 Å². The number of alkyl halides is 3. The van der Waals surface area contributed by atoms with Crippen molar-refractivity contribution in [3.05, 3.63) is 81.7 Å². The topological polar surface area (TPSA) is 122 Å². The van der Waals surface area contributed by atoms with Crippen molar-refractivity contribution in [2.45, 2.75) is 19.3 Å². The van der Waals surface area contributed by atoms with E-state index in [2.05, 4.69) is 30.6 Å². The molecule has 0 saturated carbocycles. The van der Waals surface area contributed by atoms with Crippen LogP contribution in [0.25, 0.3) is 11.2 Å². The van der Waals surface area contributed by atoms with E-state index >= 15 is 0 Å². The fourth-order valence-electron chi connectivity index (χ4n) is 3.00. The number of fused-ring (bicyclic) bond motifs is 1. The van der Waals surface area contributed by atoms with Gasteiger partial charge in [-0.15, -0.1) is 0 Å². The van der Waals surface area contributed by atoms with E-state index in [0.717, 1.165) is 17.7 Å². The first kappa shape index (κ1) is 21.0. The molecule has 0 aliphatic carbocycles. The molecular weight excluding hydrogens is 427 g/mol. The number of nitro benzene ring substituents is 1. The number of H-pyrrole nitrogens is 1. The highest BCUT2D eigenvalue weighted by molar-refractivity contribution is 5.83. The van der Waals surface area contributed by atoms with Gasteiger partial charge in [-0.2, -0.15) is 23.1 Å². The summed E-state index contributed by atoms with van der Waals surface area (Å²) in [7, 11) is 0. The summed E-state index contributed by atoms with van der Waals surface area (Å²) in [6, 6.07) is 11.1. The van der Waals surface area contributed by atoms with Gasteiger partial charge < -0.3 is 15.6 Å². The van der Waals surface area contributed by atoms with Crippen molar-refractivity contribution in [1.29, 1.82) is 0 Å². The molecule has 0 spiro atoms. The van der Waals surface area contributed by atoms with Gasteiger partial charge in [0.1, 0.15) is 5.52 Å². The molecule has 4 rings (SSSR count). The first-order valence-electron chi connectivity index (χ1n) is 9.38. The number of benzene rings is 2. The molecule has 3 N–H and O–H groups in total. The Morgan fingerprint density at radius 1 is 1.00 bits per heavy atom. The molecule has 9 nitrogen and oxygen atoms in total. The van der Waals surface area contributed by atoms with Gasteiger partial charge in [-0.1, -0.05) is 24.3 Å². The fourth-order valence-corrected chi connectivity index (χ4v) is 3.00. The number of non-ortho nitro benzene ring substituents is 1. The molecule has 0 aliphatic heterocycles. The molecule has 164 valence electrons. The summed E-state index contributed by atoms with van der Waals surface area (Å²) in [5.74, 6) is 0.603. The van der Waals surface area contributed by atoms with E-state index < -0.39 is 16.7 Å². The Labute approximate surface area is 178 Å². The van der Waals surface area contributed by atoms with Gasteiger partial charge in [-0.25, -0.2) is 4.98 Å². The van der Waals surface area contributed by atoms with Crippen LogP contribution in [0.1, 0.15) is 16.7 Å². The normalized spacial score (nSPS) is 11.5. The van der Waals surface area contributed by atoms with E-state index in [4.69, 9.17) is 0 Å². The molecule has 0 bridgehead atoms. The molecule has 4 aromatic rings. The lowest BCUT2D eigenvalue weighted by Crippen LogP contribution is -2.09. The van der Waals surface area contributed by atoms with Crippen LogP contribution in [-0.2, 0) is 19.3 Å². The lowest BCUT2D eigenvalue weighted by Gasteiger charge is -2.11. The van der Waals surface area contributed by atoms with Gasteiger partial charge in [0, 0.05) is 25.2 Å². The summed E-state index contributed by atoms with van der Waals surface area (Å²) in [4.78, 5) is 26.0. The Kier molecular flexibility index (Phi) is 5.58. The third-order valence-electron chi connectivity index (χ3n) is 4.59. The number of aromatic amines is 1. The van der Waals surface area contributed by atoms with Gasteiger partial charge in [-0.05, 0) is 23.3 Å². The van der Waals surface area contributed by atoms with E-state index in [-0.39, 0.29) is 18.2 Å². The minimum atomic E-state index is -4.42. The molecule has 2 aromatic heterocycles. The van der Waals surface area contributed by atoms with E-state index in [0.29, 0.717) is 29.1 Å². The van der Waals surface area contributed by atoms with Crippen LogP contribution in [0.15, 0.2) is 54.9 Å². The molecule has 32 heavy (non-hydrogen) atoms. The average Bonchev–Trinajstić information content (AvgIpc) is 3.25. The van der Waals surface area contributed by atoms with E-state index in [1.807, 2.05) is 0 Å². The predicted molar refractivity (Wildman–Crippen MR) is 111 cm³/mol. The minimum absolute atomic E-state index is 0.00782. The Balaban J connectivity index is 1.50. The third-order valence-corrected chi connectivity index (χ3v) is 4.59. The molecule has 0 amide bonds. The van der Waals surface area contributed by atoms with Crippen molar-refractivity contribution >= 4 is 28.6 Å². The van der Waals surface area contributed by atoms with Gasteiger partial charge in [0.2, 0.25) is 5.95 Å². The van der Waals surface area contributed by atoms with Gasteiger partial charge in [0.05, 0.1) is 16.8 Å². The fraction of sp³-hybridized carbons (Fsp3) is 0.150. The number of aromatic nitrogens is 4. The highest BCUT2D eigenvalue weighted by atomic mass is 19.4. The number of nitrogens with zero attached hydrogens (tertiary/aromatic N) is 4. The summed E-state index contributed by atoms with van der Waals surface area (Å²) in [6.45, 7) is 0.412. The minimum Gasteiger partial charge on any atom is -0.364 e. The van der Waals surface area contributed by atoms with Crippen molar-refractivity contribution in [2.24, 2.45) is 0 Å². The van der Waals surface area contributed by atoms with Crippen molar-refractivity contribution in [3.8, 4) is 0 Å². The molecule has 0 atom stereocenters. The summed E-state index contributed by atoms with van der Waals surface area (Å²) < 4.78 is 38.7. The lowest BCUT2D eigenvalue weighted by atomic mass is 10.1. The zero-order valence-electron chi connectivity index (χ0n) is 16.3. The highest BCUT2D eigenvalue weighted by Crippen LogP contribution is 2.29. The van der Waals surface area contributed by atoms with E-state index in [9.17, 15) is 23.3 Å². The van der Waals surface area contributed by atoms with Crippen LogP contribution in [0.2, 0.25) is 0 Å². The maximum atomic E-state index is 12.9. The first-order valence-corrected chi connectivity index (χ1v) is 9.38. The van der Waals surface area contributed by atoms with Crippen LogP contribution in [0, 0.1) is 10.1 Å². The first-order chi connectivity index (χ1) is 15.3. The quantitative estimate of drug-likeness (QED) is 0.284. The van der Waals surface area contributed by atoms with Crippen LogP contribution in [0.5, 0.6) is 0 Å². The lowest BCUT2D eigenvalue weighted by molar-refractivity contribution is -0.384. The van der Waals surface area contributed by atoms with Crippen LogP contribution in [0.4, 0.5) is 30.6 Å². The summed E-state index contributed by atoms with van der Waals surface area (Å²) >= 11 is 0. The number of rotatable bonds is 7. The number of hydrogen-bond donors (Lipinski definition) is 3. The van der Waals surface area contributed by atoms with Crippen molar-refractivity contribution in [1.82, 2.24) is 19.9 Å². The second kappa shape index (κ2) is 8.49. The summed E-state index contributed by atoms with van der Waals surface area (Å²) in [5.41, 5.74) is 1.40. The van der Waals surface area contributed by atoms with Crippen LogP contribution >= 0.6 is 0 Å². The largest absolute Gasteiger partial charge is 0.416 e. The number of nitrogens with one attached hydrogen (secondary N) is 3. The molecule has 2 heterocycles. The molecule has 0 aliphatic rings. The van der Waals surface area contributed by atoms with Crippen molar-refractivity contribution in [3.63, 3.8) is 0 Å². The van der Waals surface area contributed by atoms with E-state index in [1.54, 1.807) is 18.2 Å². The van der Waals surface area contributed by atoms with Gasteiger partial charge in [-0.3, -0.25) is 10.1 Å². The Morgan fingerprint density at radius 3 is 2.47 bits per heavy atom.